The zero-order chi connectivity index (χ0) is 15.5. The third-order valence-corrected chi connectivity index (χ3v) is 4.61. The van der Waals surface area contributed by atoms with Crippen LogP contribution in [-0.2, 0) is 0 Å². The molecular formula is C16H17ClN3OS+. The molecule has 0 spiro atoms. The average Bonchev–Trinajstić information content (AvgIpc) is 3.18. The fourth-order valence-corrected chi connectivity index (χ4v) is 3.18. The summed E-state index contributed by atoms with van der Waals surface area (Å²) in [5, 5.41) is 13.2. The molecular weight excluding hydrogens is 318 g/mol. The van der Waals surface area contributed by atoms with Crippen molar-refractivity contribution in [2.24, 2.45) is 0 Å². The lowest BCUT2D eigenvalue weighted by atomic mass is 10.1. The van der Waals surface area contributed by atoms with Crippen molar-refractivity contribution in [1.29, 1.82) is 0 Å². The second-order valence-electron chi connectivity index (χ2n) is 5.25. The molecule has 0 amide bonds. The highest BCUT2D eigenvalue weighted by Gasteiger charge is 2.21. The molecule has 0 bridgehead atoms. The molecule has 2 aromatic heterocycles. The monoisotopic (exact) mass is 334 g/mol. The topological polar surface area (TPSA) is 55.5 Å². The molecule has 0 saturated heterocycles. The van der Waals surface area contributed by atoms with Gasteiger partial charge < -0.3 is 9.73 Å². The number of rotatable bonds is 5. The third-order valence-electron chi connectivity index (χ3n) is 3.51. The first kappa shape index (κ1) is 15.2. The van der Waals surface area contributed by atoms with Crippen LogP contribution in [0.3, 0.4) is 0 Å². The van der Waals surface area contributed by atoms with E-state index in [2.05, 4.69) is 35.4 Å². The van der Waals surface area contributed by atoms with Crippen molar-refractivity contribution < 1.29 is 9.73 Å². The number of nitrogens with zero attached hydrogens (tertiary/aromatic N) is 2. The Balaban J connectivity index is 1.70. The first-order valence-electron chi connectivity index (χ1n) is 7.11. The number of thiophene rings is 1. The zero-order valence-corrected chi connectivity index (χ0v) is 13.9. The number of hydrogen-bond acceptors (Lipinski definition) is 4. The fourth-order valence-electron chi connectivity index (χ4n) is 2.33. The lowest BCUT2D eigenvalue weighted by Gasteiger charge is -2.14. The van der Waals surface area contributed by atoms with Crippen LogP contribution in [0, 0.1) is 0 Å². The average molecular weight is 335 g/mol. The molecule has 3 aromatic rings. The van der Waals surface area contributed by atoms with E-state index >= 15 is 0 Å². The molecule has 0 aliphatic carbocycles. The zero-order valence-electron chi connectivity index (χ0n) is 12.4. The van der Waals surface area contributed by atoms with Crippen molar-refractivity contribution in [1.82, 2.24) is 10.2 Å². The van der Waals surface area contributed by atoms with Crippen LogP contribution < -0.4 is 5.32 Å². The minimum atomic E-state index is 0.0789. The van der Waals surface area contributed by atoms with Gasteiger partial charge in [0, 0.05) is 10.6 Å². The van der Waals surface area contributed by atoms with Crippen LogP contribution >= 0.6 is 22.9 Å². The summed E-state index contributed by atoms with van der Waals surface area (Å²) in [4.78, 5) is 0.994. The van der Waals surface area contributed by atoms with E-state index in [1.165, 1.54) is 5.56 Å². The highest BCUT2D eigenvalue weighted by molar-refractivity contribution is 7.13. The molecule has 0 aliphatic heterocycles. The van der Waals surface area contributed by atoms with Crippen molar-refractivity contribution in [3.63, 3.8) is 0 Å². The Labute approximate surface area is 138 Å². The molecule has 22 heavy (non-hydrogen) atoms. The van der Waals surface area contributed by atoms with E-state index in [0.29, 0.717) is 11.8 Å². The number of nitrogens with two attached hydrogens (primary N) is 1. The number of halogens is 1. The molecule has 114 valence electrons. The molecule has 6 heteroatoms. The number of aromatic nitrogens is 2. The molecule has 2 N–H and O–H groups in total. The standard InChI is InChI=1S/C16H16ClN3OS/c1-10(12-5-3-6-13(17)9-12)18-11(2)15-19-20-16(21-15)14-7-4-8-22-14/h3-11,18H,1-2H3/p+1/t10-,11+/m1/s1. The van der Waals surface area contributed by atoms with Crippen molar-refractivity contribution in [2.45, 2.75) is 25.9 Å². The van der Waals surface area contributed by atoms with Crippen LogP contribution in [0.5, 0.6) is 0 Å². The van der Waals surface area contributed by atoms with Gasteiger partial charge in [0.25, 0.3) is 11.8 Å². The van der Waals surface area contributed by atoms with Crippen LogP contribution in [0.2, 0.25) is 5.02 Å². The highest BCUT2D eigenvalue weighted by Crippen LogP contribution is 2.24. The van der Waals surface area contributed by atoms with Crippen molar-refractivity contribution in [3.05, 3.63) is 58.3 Å². The van der Waals surface area contributed by atoms with E-state index in [4.69, 9.17) is 16.0 Å². The minimum absolute atomic E-state index is 0.0789. The van der Waals surface area contributed by atoms with Crippen molar-refractivity contribution >= 4 is 22.9 Å². The van der Waals surface area contributed by atoms with Gasteiger partial charge in [0.15, 0.2) is 6.04 Å². The van der Waals surface area contributed by atoms with Gasteiger partial charge in [-0.2, -0.15) is 0 Å². The van der Waals surface area contributed by atoms with E-state index in [9.17, 15) is 0 Å². The Hall–Kier alpha value is -1.69. The smallest absolute Gasteiger partial charge is 0.274 e. The van der Waals surface area contributed by atoms with E-state index in [0.717, 1.165) is 9.90 Å². The maximum absolute atomic E-state index is 6.05. The van der Waals surface area contributed by atoms with E-state index < -0.39 is 0 Å². The molecule has 0 unspecified atom stereocenters. The van der Waals surface area contributed by atoms with Crippen molar-refractivity contribution in [3.8, 4) is 10.8 Å². The van der Waals surface area contributed by atoms with Gasteiger partial charge in [-0.05, 0) is 37.4 Å². The molecule has 4 nitrogen and oxygen atoms in total. The van der Waals surface area contributed by atoms with Gasteiger partial charge in [-0.15, -0.1) is 21.5 Å². The Morgan fingerprint density at radius 2 is 2.00 bits per heavy atom. The van der Waals surface area contributed by atoms with Gasteiger partial charge in [-0.3, -0.25) is 0 Å². The third kappa shape index (κ3) is 3.38. The summed E-state index contributed by atoms with van der Waals surface area (Å²) < 4.78 is 5.78. The molecule has 3 rings (SSSR count). The summed E-state index contributed by atoms with van der Waals surface area (Å²) in [5.74, 6) is 1.22. The fraction of sp³-hybridized carbons (Fsp3) is 0.250. The largest absolute Gasteiger partial charge is 0.414 e. The highest BCUT2D eigenvalue weighted by atomic mass is 35.5. The second-order valence-corrected chi connectivity index (χ2v) is 6.63. The Kier molecular flexibility index (Phi) is 4.57. The van der Waals surface area contributed by atoms with Gasteiger partial charge in [0.1, 0.15) is 6.04 Å². The van der Waals surface area contributed by atoms with Gasteiger partial charge in [0.05, 0.1) is 4.88 Å². The number of benzene rings is 1. The molecule has 0 fully saturated rings. The lowest BCUT2D eigenvalue weighted by molar-refractivity contribution is -0.730. The number of hydrogen-bond donors (Lipinski definition) is 1. The minimum Gasteiger partial charge on any atom is -0.414 e. The maximum Gasteiger partial charge on any atom is 0.274 e. The maximum atomic E-state index is 6.05. The van der Waals surface area contributed by atoms with Gasteiger partial charge in [-0.1, -0.05) is 29.8 Å². The molecule has 0 radical (unpaired) electrons. The first-order valence-corrected chi connectivity index (χ1v) is 8.37. The molecule has 0 saturated carbocycles. The predicted molar refractivity (Wildman–Crippen MR) is 87.8 cm³/mol. The first-order chi connectivity index (χ1) is 10.6. The molecule has 2 atom stereocenters. The summed E-state index contributed by atoms with van der Waals surface area (Å²) in [7, 11) is 0. The predicted octanol–water partition coefficient (Wildman–Crippen LogP) is 3.84. The summed E-state index contributed by atoms with van der Waals surface area (Å²) in [6.07, 6.45) is 0. The lowest BCUT2D eigenvalue weighted by Crippen LogP contribution is -2.85. The summed E-state index contributed by atoms with van der Waals surface area (Å²) in [6, 6.07) is 12.2. The van der Waals surface area contributed by atoms with Crippen LogP contribution in [0.15, 0.2) is 46.2 Å². The van der Waals surface area contributed by atoms with Crippen molar-refractivity contribution in [2.75, 3.05) is 0 Å². The van der Waals surface area contributed by atoms with Crippen LogP contribution in [-0.4, -0.2) is 10.2 Å². The SMILES string of the molecule is C[C@H]([NH2+][C@H](C)c1cccc(Cl)c1)c1nnc(-c2cccs2)o1. The quantitative estimate of drug-likeness (QED) is 0.771. The Morgan fingerprint density at radius 1 is 1.14 bits per heavy atom. The Bertz CT molecular complexity index is 741. The van der Waals surface area contributed by atoms with Gasteiger partial charge >= 0.3 is 0 Å². The normalized spacial score (nSPS) is 14.0. The van der Waals surface area contributed by atoms with Gasteiger partial charge in [0.2, 0.25) is 0 Å². The van der Waals surface area contributed by atoms with Crippen LogP contribution in [0.4, 0.5) is 0 Å². The van der Waals surface area contributed by atoms with E-state index in [1.54, 1.807) is 11.3 Å². The number of quaternary nitrogens is 1. The molecule has 1 aromatic carbocycles. The molecule has 2 heterocycles. The Morgan fingerprint density at radius 3 is 2.73 bits per heavy atom. The summed E-state index contributed by atoms with van der Waals surface area (Å²) in [6.45, 7) is 4.20. The second kappa shape index (κ2) is 6.60. The molecule has 0 aliphatic rings. The van der Waals surface area contributed by atoms with Crippen LogP contribution in [0.25, 0.3) is 10.8 Å². The summed E-state index contributed by atoms with van der Waals surface area (Å²) >= 11 is 7.64. The van der Waals surface area contributed by atoms with E-state index in [-0.39, 0.29) is 12.1 Å². The summed E-state index contributed by atoms with van der Waals surface area (Å²) in [5.41, 5.74) is 1.18. The van der Waals surface area contributed by atoms with Crippen LogP contribution in [0.1, 0.15) is 37.4 Å². The van der Waals surface area contributed by atoms with E-state index in [1.807, 2.05) is 35.7 Å². The van der Waals surface area contributed by atoms with Gasteiger partial charge in [-0.25, -0.2) is 0 Å².